The molecule has 20 heavy (non-hydrogen) atoms. The first-order valence-electron chi connectivity index (χ1n) is 6.90. The Balaban J connectivity index is 0.000000151. The normalized spacial score (nSPS) is 9.65. The maximum atomic E-state index is 3.66. The van der Waals surface area contributed by atoms with Crippen molar-refractivity contribution in [2.24, 2.45) is 0 Å². The van der Waals surface area contributed by atoms with Crippen LogP contribution in [0.2, 0.25) is 0 Å². The number of hydrogen-bond donors (Lipinski definition) is 0. The molecule has 0 unspecified atom stereocenters. The van der Waals surface area contributed by atoms with Gasteiger partial charge in [0.05, 0.1) is 0 Å². The summed E-state index contributed by atoms with van der Waals surface area (Å²) in [5.74, 6) is 0. The molecule has 0 nitrogen and oxygen atoms in total. The molecule has 100 valence electrons. The topological polar surface area (TPSA) is 0 Å². The zero-order valence-electron chi connectivity index (χ0n) is 11.9. The molecule has 3 aromatic rings. The van der Waals surface area contributed by atoms with E-state index in [1.54, 1.807) is 0 Å². The predicted octanol–water partition coefficient (Wildman–Crippen LogP) is 5.56. The van der Waals surface area contributed by atoms with E-state index in [1.807, 2.05) is 24.3 Å². The Morgan fingerprint density at radius 1 is 0.800 bits per heavy atom. The Hall–Kier alpha value is -2.34. The van der Waals surface area contributed by atoms with Gasteiger partial charge in [-0.3, -0.25) is 0 Å². The molecule has 0 N–H and O–H groups in total. The number of fused-ring (bicyclic) bond motifs is 1. The average molecular weight is 260 g/mol. The first kappa shape index (κ1) is 14.1. The zero-order valence-corrected chi connectivity index (χ0v) is 11.9. The summed E-state index contributed by atoms with van der Waals surface area (Å²) in [7, 11) is 0. The summed E-state index contributed by atoms with van der Waals surface area (Å²) < 4.78 is 0. The molecule has 0 amide bonds. The van der Waals surface area contributed by atoms with Crippen molar-refractivity contribution in [2.75, 3.05) is 0 Å². The van der Waals surface area contributed by atoms with Crippen LogP contribution in [0.4, 0.5) is 0 Å². The van der Waals surface area contributed by atoms with Gasteiger partial charge in [0.1, 0.15) is 0 Å². The number of rotatable bonds is 2. The Bertz CT molecular complexity index is 660. The minimum atomic E-state index is 0.973. The van der Waals surface area contributed by atoms with Crippen LogP contribution in [0.15, 0.2) is 85.5 Å². The summed E-state index contributed by atoms with van der Waals surface area (Å²) in [6, 6.07) is 25.1. The molecule has 0 radical (unpaired) electrons. The number of allylic oxidation sites excluding steroid dienone is 1. The molecule has 0 spiro atoms. The molecule has 0 heteroatoms. The summed E-state index contributed by atoms with van der Waals surface area (Å²) >= 11 is 0. The van der Waals surface area contributed by atoms with Crippen molar-refractivity contribution >= 4 is 10.8 Å². The summed E-state index contributed by atoms with van der Waals surface area (Å²) in [4.78, 5) is 0. The molecular weight excluding hydrogens is 240 g/mol. The highest BCUT2D eigenvalue weighted by Gasteiger charge is 1.92. The quantitative estimate of drug-likeness (QED) is 0.529. The molecule has 0 aliphatic rings. The van der Waals surface area contributed by atoms with Gasteiger partial charge in [0, 0.05) is 0 Å². The second-order valence-corrected chi connectivity index (χ2v) is 4.77. The molecule has 0 atom stereocenters. The molecule has 0 saturated heterocycles. The first-order valence-corrected chi connectivity index (χ1v) is 6.90. The van der Waals surface area contributed by atoms with E-state index in [1.165, 1.54) is 21.9 Å². The fourth-order valence-corrected chi connectivity index (χ4v) is 2.17. The Morgan fingerprint density at radius 3 is 2.15 bits per heavy atom. The van der Waals surface area contributed by atoms with Crippen molar-refractivity contribution in [2.45, 2.75) is 13.3 Å². The van der Waals surface area contributed by atoms with Crippen molar-refractivity contribution in [1.29, 1.82) is 0 Å². The van der Waals surface area contributed by atoms with Crippen LogP contribution in [0.5, 0.6) is 0 Å². The summed E-state index contributed by atoms with van der Waals surface area (Å²) in [5.41, 5.74) is 2.68. The maximum Gasteiger partial charge on any atom is -0.0100 e. The second-order valence-electron chi connectivity index (χ2n) is 4.77. The molecule has 0 aliphatic heterocycles. The van der Waals surface area contributed by atoms with Crippen LogP contribution in [0, 0.1) is 6.92 Å². The van der Waals surface area contributed by atoms with E-state index in [-0.39, 0.29) is 0 Å². The maximum absolute atomic E-state index is 3.66. The number of benzene rings is 3. The van der Waals surface area contributed by atoms with Gasteiger partial charge in [0.25, 0.3) is 0 Å². The second kappa shape index (κ2) is 7.30. The van der Waals surface area contributed by atoms with Gasteiger partial charge < -0.3 is 0 Å². The van der Waals surface area contributed by atoms with Crippen LogP contribution in [0.25, 0.3) is 10.8 Å². The van der Waals surface area contributed by atoms with Gasteiger partial charge >= 0.3 is 0 Å². The summed E-state index contributed by atoms with van der Waals surface area (Å²) in [6.45, 7) is 5.80. The van der Waals surface area contributed by atoms with Crippen LogP contribution >= 0.6 is 0 Å². The van der Waals surface area contributed by atoms with Gasteiger partial charge in [-0.15, -0.1) is 6.58 Å². The van der Waals surface area contributed by atoms with Crippen LogP contribution in [0.1, 0.15) is 11.1 Å². The van der Waals surface area contributed by atoms with Crippen molar-refractivity contribution in [3.63, 3.8) is 0 Å². The lowest BCUT2D eigenvalue weighted by Crippen LogP contribution is -1.75. The molecule has 0 aliphatic carbocycles. The Kier molecular flexibility index (Phi) is 5.14. The lowest BCUT2D eigenvalue weighted by molar-refractivity contribution is 1.28. The van der Waals surface area contributed by atoms with Gasteiger partial charge in [-0.05, 0) is 35.2 Å². The number of aryl methyl sites for hydroxylation is 1. The van der Waals surface area contributed by atoms with E-state index in [4.69, 9.17) is 0 Å². The van der Waals surface area contributed by atoms with Crippen LogP contribution < -0.4 is 0 Å². The smallest absolute Gasteiger partial charge is 0.0100 e. The summed E-state index contributed by atoms with van der Waals surface area (Å²) in [6.07, 6.45) is 2.89. The highest BCUT2D eigenvalue weighted by molar-refractivity contribution is 5.85. The molecule has 3 rings (SSSR count). The zero-order chi connectivity index (χ0) is 14.2. The van der Waals surface area contributed by atoms with Gasteiger partial charge in [0.15, 0.2) is 0 Å². The third-order valence-electron chi connectivity index (χ3n) is 3.23. The van der Waals surface area contributed by atoms with Crippen LogP contribution in [-0.4, -0.2) is 0 Å². The van der Waals surface area contributed by atoms with Crippen molar-refractivity contribution in [1.82, 2.24) is 0 Å². The van der Waals surface area contributed by atoms with Crippen molar-refractivity contribution in [3.05, 3.63) is 96.6 Å². The third-order valence-corrected chi connectivity index (χ3v) is 3.23. The number of hydrogen-bond acceptors (Lipinski definition) is 0. The van der Waals surface area contributed by atoms with E-state index in [0.717, 1.165) is 6.42 Å². The Labute approximate surface area is 121 Å². The molecule has 0 fully saturated rings. The first-order chi connectivity index (χ1) is 9.81. The van der Waals surface area contributed by atoms with E-state index in [0.29, 0.717) is 0 Å². The van der Waals surface area contributed by atoms with Crippen LogP contribution in [0.3, 0.4) is 0 Å². The lowest BCUT2D eigenvalue weighted by atomic mass is 10.1. The fourth-order valence-electron chi connectivity index (χ4n) is 2.17. The van der Waals surface area contributed by atoms with Crippen molar-refractivity contribution < 1.29 is 0 Å². The average Bonchev–Trinajstić information content (AvgIpc) is 2.50. The minimum absolute atomic E-state index is 0.973. The predicted molar refractivity (Wildman–Crippen MR) is 89.0 cm³/mol. The highest BCUT2D eigenvalue weighted by atomic mass is 14.0. The van der Waals surface area contributed by atoms with E-state index >= 15 is 0 Å². The molecule has 0 bridgehead atoms. The molecule has 3 aromatic carbocycles. The van der Waals surface area contributed by atoms with E-state index < -0.39 is 0 Å². The van der Waals surface area contributed by atoms with Crippen molar-refractivity contribution in [3.8, 4) is 0 Å². The highest BCUT2D eigenvalue weighted by Crippen LogP contribution is 2.16. The molecule has 0 saturated carbocycles. The van der Waals surface area contributed by atoms with E-state index in [9.17, 15) is 0 Å². The van der Waals surface area contributed by atoms with Gasteiger partial charge in [-0.2, -0.15) is 0 Å². The standard InChI is InChI=1S/C11H10.C9H10/c1-9-5-4-7-10-6-2-3-8-11(9)10;1-2-6-9-7-4-3-5-8-9/h2-8H,1H3;2-5,7-8H,1,6H2. The van der Waals surface area contributed by atoms with Gasteiger partial charge in [0.2, 0.25) is 0 Å². The lowest BCUT2D eigenvalue weighted by Gasteiger charge is -1.98. The minimum Gasteiger partial charge on any atom is -0.103 e. The SMILES string of the molecule is C=CCc1ccccc1.Cc1cccc2ccccc12. The monoisotopic (exact) mass is 260 g/mol. The third kappa shape index (κ3) is 3.83. The van der Waals surface area contributed by atoms with E-state index in [2.05, 4.69) is 68.1 Å². The van der Waals surface area contributed by atoms with Gasteiger partial charge in [-0.1, -0.05) is 78.9 Å². The van der Waals surface area contributed by atoms with Gasteiger partial charge in [-0.25, -0.2) is 0 Å². The molecule has 0 aromatic heterocycles. The molecule has 0 heterocycles. The fraction of sp³-hybridized carbons (Fsp3) is 0.100. The largest absolute Gasteiger partial charge is 0.103 e. The van der Waals surface area contributed by atoms with Crippen LogP contribution in [-0.2, 0) is 6.42 Å². The summed E-state index contributed by atoms with van der Waals surface area (Å²) in [5, 5.41) is 2.68. The molecular formula is C20H20. The Morgan fingerprint density at radius 2 is 1.45 bits per heavy atom.